The topological polar surface area (TPSA) is 42.4 Å². The van der Waals surface area contributed by atoms with E-state index < -0.39 is 5.60 Å². The van der Waals surface area contributed by atoms with E-state index in [0.717, 1.165) is 25.1 Å². The van der Waals surface area contributed by atoms with E-state index in [4.69, 9.17) is 4.74 Å². The molecule has 0 aromatic carbocycles. The molecule has 19 heavy (non-hydrogen) atoms. The number of nitrogens with zero attached hydrogens (tertiary/aromatic N) is 2. The summed E-state index contributed by atoms with van der Waals surface area (Å²) in [7, 11) is 0. The van der Waals surface area contributed by atoms with Gasteiger partial charge in [0.2, 0.25) is 0 Å². The van der Waals surface area contributed by atoms with Crippen LogP contribution in [-0.4, -0.2) is 34.7 Å². The number of piperidine rings is 1. The molecule has 1 aromatic heterocycles. The summed E-state index contributed by atoms with van der Waals surface area (Å²) in [5, 5.41) is 0. The maximum absolute atomic E-state index is 12.1. The average Bonchev–Trinajstić information content (AvgIpc) is 2.38. The summed E-state index contributed by atoms with van der Waals surface area (Å²) in [4.78, 5) is 18.3. The number of aromatic nitrogens is 1. The van der Waals surface area contributed by atoms with Crippen LogP contribution in [-0.2, 0) is 4.74 Å². The highest BCUT2D eigenvalue weighted by molar-refractivity contribution is 5.68. The molecule has 1 aliphatic rings. The Balaban J connectivity index is 2.00. The van der Waals surface area contributed by atoms with Crippen LogP contribution < -0.4 is 0 Å². The largest absolute Gasteiger partial charge is 0.444 e. The predicted octanol–water partition coefficient (Wildman–Crippen LogP) is 3.20. The highest BCUT2D eigenvalue weighted by Crippen LogP contribution is 2.26. The zero-order chi connectivity index (χ0) is 13.9. The number of carbonyl (C=O) groups is 1. The number of carbonyl (C=O) groups excluding carboxylic acids is 1. The van der Waals surface area contributed by atoms with Gasteiger partial charge in [0.15, 0.2) is 0 Å². The molecule has 1 aliphatic heterocycles. The molecular weight excluding hydrogens is 240 g/mol. The van der Waals surface area contributed by atoms with Crippen molar-refractivity contribution in [2.75, 3.05) is 13.1 Å². The number of ether oxygens (including phenoxy) is 1. The van der Waals surface area contributed by atoms with Crippen LogP contribution in [0.15, 0.2) is 24.4 Å². The summed E-state index contributed by atoms with van der Waals surface area (Å²) in [6, 6.07) is 5.94. The number of hydrogen-bond donors (Lipinski definition) is 0. The van der Waals surface area contributed by atoms with Gasteiger partial charge in [-0.1, -0.05) is 6.07 Å². The molecular formula is C15H22N2O2. The van der Waals surface area contributed by atoms with Crippen LogP contribution in [0.2, 0.25) is 0 Å². The number of likely N-dealkylation sites (tertiary alicyclic amines) is 1. The van der Waals surface area contributed by atoms with Crippen molar-refractivity contribution in [2.24, 2.45) is 0 Å². The molecule has 1 fully saturated rings. The molecule has 1 unspecified atom stereocenters. The summed E-state index contributed by atoms with van der Waals surface area (Å²) in [6.45, 7) is 7.16. The third-order valence-corrected chi connectivity index (χ3v) is 3.18. The Bertz CT molecular complexity index is 426. The minimum atomic E-state index is -0.435. The zero-order valence-corrected chi connectivity index (χ0v) is 11.9. The normalized spacial score (nSPS) is 20.2. The Hall–Kier alpha value is -1.58. The van der Waals surface area contributed by atoms with Gasteiger partial charge in [-0.3, -0.25) is 4.98 Å². The van der Waals surface area contributed by atoms with Gasteiger partial charge in [-0.25, -0.2) is 4.79 Å². The summed E-state index contributed by atoms with van der Waals surface area (Å²) < 4.78 is 5.43. The predicted molar refractivity (Wildman–Crippen MR) is 74.0 cm³/mol. The Morgan fingerprint density at radius 3 is 2.84 bits per heavy atom. The first kappa shape index (κ1) is 13.8. The average molecular weight is 262 g/mol. The van der Waals surface area contributed by atoms with E-state index >= 15 is 0 Å². The standard InChI is InChI=1S/C15H22N2O2/c1-15(2,3)19-14(18)17-10-6-7-12(11-17)13-8-4-5-9-16-13/h4-5,8-9,12H,6-7,10-11H2,1-3H3. The van der Waals surface area contributed by atoms with Crippen LogP contribution in [0.3, 0.4) is 0 Å². The van der Waals surface area contributed by atoms with E-state index in [1.807, 2.05) is 45.2 Å². The molecule has 0 spiro atoms. The molecule has 0 aliphatic carbocycles. The van der Waals surface area contributed by atoms with Crippen molar-refractivity contribution in [1.29, 1.82) is 0 Å². The van der Waals surface area contributed by atoms with Gasteiger partial charge >= 0.3 is 6.09 Å². The molecule has 1 saturated heterocycles. The van der Waals surface area contributed by atoms with Crippen molar-refractivity contribution >= 4 is 6.09 Å². The van der Waals surface area contributed by atoms with Crippen LogP contribution in [0.25, 0.3) is 0 Å². The van der Waals surface area contributed by atoms with Crippen molar-refractivity contribution < 1.29 is 9.53 Å². The molecule has 0 bridgehead atoms. The third kappa shape index (κ3) is 3.94. The fraction of sp³-hybridized carbons (Fsp3) is 0.600. The summed E-state index contributed by atoms with van der Waals surface area (Å²) in [5.41, 5.74) is 0.630. The third-order valence-electron chi connectivity index (χ3n) is 3.18. The van der Waals surface area contributed by atoms with E-state index in [1.54, 1.807) is 4.90 Å². The van der Waals surface area contributed by atoms with Gasteiger partial charge in [0.05, 0.1) is 0 Å². The molecule has 2 heterocycles. The van der Waals surface area contributed by atoms with Crippen molar-refractivity contribution in [3.63, 3.8) is 0 Å². The smallest absolute Gasteiger partial charge is 0.410 e. The van der Waals surface area contributed by atoms with Crippen LogP contribution in [0.5, 0.6) is 0 Å². The van der Waals surface area contributed by atoms with Crippen molar-refractivity contribution in [3.8, 4) is 0 Å². The maximum atomic E-state index is 12.1. The fourth-order valence-electron chi connectivity index (χ4n) is 2.33. The molecule has 0 saturated carbocycles. The van der Waals surface area contributed by atoms with Crippen molar-refractivity contribution in [1.82, 2.24) is 9.88 Å². The van der Waals surface area contributed by atoms with Crippen LogP contribution in [0.1, 0.15) is 45.2 Å². The molecule has 104 valence electrons. The Labute approximate surface area is 114 Å². The first-order valence-corrected chi connectivity index (χ1v) is 6.84. The second-order valence-electron chi connectivity index (χ2n) is 6.02. The number of pyridine rings is 1. The molecule has 4 nitrogen and oxygen atoms in total. The van der Waals surface area contributed by atoms with E-state index in [9.17, 15) is 4.79 Å². The lowest BCUT2D eigenvalue weighted by atomic mass is 9.94. The summed E-state index contributed by atoms with van der Waals surface area (Å²) in [6.07, 6.45) is 3.67. The molecule has 1 aromatic rings. The van der Waals surface area contributed by atoms with Gasteiger partial charge in [0, 0.05) is 30.9 Å². The van der Waals surface area contributed by atoms with Gasteiger partial charge in [-0.05, 0) is 45.7 Å². The summed E-state index contributed by atoms with van der Waals surface area (Å²) in [5.74, 6) is 0.322. The molecule has 0 N–H and O–H groups in total. The monoisotopic (exact) mass is 262 g/mol. The van der Waals surface area contributed by atoms with E-state index in [-0.39, 0.29) is 6.09 Å². The summed E-state index contributed by atoms with van der Waals surface area (Å²) >= 11 is 0. The van der Waals surface area contributed by atoms with E-state index in [1.165, 1.54) is 0 Å². The van der Waals surface area contributed by atoms with Gasteiger partial charge in [0.25, 0.3) is 0 Å². The SMILES string of the molecule is CC(C)(C)OC(=O)N1CCCC(c2ccccn2)C1. The minimum absolute atomic E-state index is 0.215. The maximum Gasteiger partial charge on any atom is 0.410 e. The zero-order valence-electron chi connectivity index (χ0n) is 11.9. The second-order valence-corrected chi connectivity index (χ2v) is 6.02. The lowest BCUT2D eigenvalue weighted by Crippen LogP contribution is -2.42. The molecule has 2 rings (SSSR count). The van der Waals surface area contributed by atoms with Crippen molar-refractivity contribution in [3.05, 3.63) is 30.1 Å². The number of rotatable bonds is 1. The highest BCUT2D eigenvalue weighted by atomic mass is 16.6. The van der Waals surface area contributed by atoms with Gasteiger partial charge in [0.1, 0.15) is 5.60 Å². The lowest BCUT2D eigenvalue weighted by Gasteiger charge is -2.33. The van der Waals surface area contributed by atoms with Gasteiger partial charge in [-0.15, -0.1) is 0 Å². The Kier molecular flexibility index (Phi) is 4.08. The van der Waals surface area contributed by atoms with Crippen molar-refractivity contribution in [2.45, 2.75) is 45.1 Å². The first-order chi connectivity index (χ1) is 8.96. The highest BCUT2D eigenvalue weighted by Gasteiger charge is 2.28. The van der Waals surface area contributed by atoms with Crippen LogP contribution >= 0.6 is 0 Å². The fourth-order valence-corrected chi connectivity index (χ4v) is 2.33. The van der Waals surface area contributed by atoms with Crippen LogP contribution in [0, 0.1) is 0 Å². The number of amides is 1. The number of hydrogen-bond acceptors (Lipinski definition) is 3. The van der Waals surface area contributed by atoms with Crippen LogP contribution in [0.4, 0.5) is 4.79 Å². The van der Waals surface area contributed by atoms with E-state index in [0.29, 0.717) is 12.5 Å². The van der Waals surface area contributed by atoms with E-state index in [2.05, 4.69) is 4.98 Å². The van der Waals surface area contributed by atoms with Gasteiger partial charge in [-0.2, -0.15) is 0 Å². The van der Waals surface area contributed by atoms with Gasteiger partial charge < -0.3 is 9.64 Å². The Morgan fingerprint density at radius 2 is 2.21 bits per heavy atom. The minimum Gasteiger partial charge on any atom is -0.444 e. The lowest BCUT2D eigenvalue weighted by molar-refractivity contribution is 0.0197. The quantitative estimate of drug-likeness (QED) is 0.780. The molecule has 1 amide bonds. The second kappa shape index (κ2) is 5.59. The molecule has 1 atom stereocenters. The first-order valence-electron chi connectivity index (χ1n) is 6.84. The molecule has 4 heteroatoms. The molecule has 0 radical (unpaired) electrons. The Morgan fingerprint density at radius 1 is 1.42 bits per heavy atom.